The van der Waals surface area contributed by atoms with Crippen LogP contribution in [0.25, 0.3) is 0 Å². The molecule has 1 fully saturated rings. The second-order valence-electron chi connectivity index (χ2n) is 8.81. The van der Waals surface area contributed by atoms with Crippen molar-refractivity contribution in [2.24, 2.45) is 0 Å². The molecule has 0 unspecified atom stereocenters. The summed E-state index contributed by atoms with van der Waals surface area (Å²) in [5.74, 6) is -1.11. The van der Waals surface area contributed by atoms with E-state index in [2.05, 4.69) is 15.5 Å². The van der Waals surface area contributed by atoms with Crippen LogP contribution in [-0.2, 0) is 27.7 Å². The summed E-state index contributed by atoms with van der Waals surface area (Å²) in [5, 5.41) is 5.36. The molecule has 10 nitrogen and oxygen atoms in total. The number of carbonyl (C=O) groups is 3. The lowest BCUT2D eigenvalue weighted by Gasteiger charge is -2.25. The molecule has 36 heavy (non-hydrogen) atoms. The maximum Gasteiger partial charge on any atom is 0.414 e. The molecule has 2 aliphatic rings. The van der Waals surface area contributed by atoms with Crippen LogP contribution in [0.2, 0.25) is 0 Å². The minimum atomic E-state index is -3.60. The van der Waals surface area contributed by atoms with Crippen LogP contribution < -0.4 is 10.6 Å². The largest absolute Gasteiger partial charge is 0.450 e. The number of ether oxygens (including phenoxy) is 1. The van der Waals surface area contributed by atoms with E-state index in [0.717, 1.165) is 36.2 Å². The molecule has 194 valence electrons. The molecular weight excluding hydrogens is 504 g/mol. The molecule has 0 atom stereocenters. The van der Waals surface area contributed by atoms with Crippen molar-refractivity contribution in [2.45, 2.75) is 44.0 Å². The highest BCUT2D eigenvalue weighted by Gasteiger charge is 2.30. The Hall–Kier alpha value is -2.80. The minimum Gasteiger partial charge on any atom is -0.450 e. The molecule has 3 amide bonds. The molecule has 2 N–H and O–H groups in total. The van der Waals surface area contributed by atoms with E-state index in [1.807, 2.05) is 7.05 Å². The van der Waals surface area contributed by atoms with Crippen LogP contribution in [0.15, 0.2) is 29.2 Å². The van der Waals surface area contributed by atoms with Crippen molar-refractivity contribution in [1.29, 1.82) is 0 Å². The Kier molecular flexibility index (Phi) is 8.08. The number of thiophene rings is 1. The number of carbonyl (C=O) groups excluding carboxylic acids is 3. The summed E-state index contributed by atoms with van der Waals surface area (Å²) in [5.41, 5.74) is 1.32. The van der Waals surface area contributed by atoms with E-state index in [-0.39, 0.29) is 22.6 Å². The van der Waals surface area contributed by atoms with Crippen LogP contribution >= 0.6 is 11.3 Å². The Balaban J connectivity index is 1.55. The number of hydrogen-bond donors (Lipinski definition) is 2. The molecule has 1 aromatic heterocycles. The number of imide groups is 1. The molecule has 0 spiro atoms. The number of nitrogens with zero attached hydrogens (tertiary/aromatic N) is 2. The van der Waals surface area contributed by atoms with Gasteiger partial charge in [0, 0.05) is 36.6 Å². The van der Waals surface area contributed by atoms with Crippen molar-refractivity contribution in [3.8, 4) is 0 Å². The SMILES string of the molecule is CCOC(=O)NC(=O)c1c(NC(=O)c2ccc(S(=O)(=O)N3CCCCC3)cc2)sc2c1CCN(C)C2. The van der Waals surface area contributed by atoms with Gasteiger partial charge in [-0.1, -0.05) is 6.42 Å². The Bertz CT molecular complexity index is 1250. The molecule has 2 aromatic rings. The zero-order valence-corrected chi connectivity index (χ0v) is 22.0. The predicted molar refractivity (Wildman–Crippen MR) is 136 cm³/mol. The van der Waals surface area contributed by atoms with Gasteiger partial charge in [0.25, 0.3) is 11.8 Å². The zero-order chi connectivity index (χ0) is 25.9. The fourth-order valence-corrected chi connectivity index (χ4v) is 7.23. The summed E-state index contributed by atoms with van der Waals surface area (Å²) in [6, 6.07) is 5.79. The van der Waals surface area contributed by atoms with Crippen molar-refractivity contribution in [3.63, 3.8) is 0 Å². The molecule has 4 rings (SSSR count). The third-order valence-electron chi connectivity index (χ3n) is 6.26. The summed E-state index contributed by atoms with van der Waals surface area (Å²) >= 11 is 1.29. The van der Waals surface area contributed by atoms with Gasteiger partial charge in [0.05, 0.1) is 17.1 Å². The highest BCUT2D eigenvalue weighted by molar-refractivity contribution is 7.89. The van der Waals surface area contributed by atoms with Gasteiger partial charge in [-0.15, -0.1) is 11.3 Å². The third-order valence-corrected chi connectivity index (χ3v) is 9.31. The van der Waals surface area contributed by atoms with E-state index < -0.39 is 27.9 Å². The molecule has 3 heterocycles. The first-order chi connectivity index (χ1) is 17.2. The Morgan fingerprint density at radius 3 is 2.39 bits per heavy atom. The van der Waals surface area contributed by atoms with Crippen LogP contribution in [0, 0.1) is 0 Å². The van der Waals surface area contributed by atoms with E-state index in [1.54, 1.807) is 6.92 Å². The van der Waals surface area contributed by atoms with Gasteiger partial charge in [0.1, 0.15) is 5.00 Å². The smallest absolute Gasteiger partial charge is 0.414 e. The lowest BCUT2D eigenvalue weighted by atomic mass is 10.0. The topological polar surface area (TPSA) is 125 Å². The standard InChI is InChI=1S/C24H30N4O6S2/c1-3-34-24(31)26-22(30)20-18-11-14-27(2)15-19(18)35-23(20)25-21(29)16-7-9-17(10-8-16)36(32,33)28-12-5-4-6-13-28/h7-10H,3-6,11-15H2,1-2H3,(H,25,29)(H,26,30,31). The normalized spacial score (nSPS) is 16.7. The number of benzene rings is 1. The van der Waals surface area contributed by atoms with E-state index in [0.29, 0.717) is 31.1 Å². The maximum atomic E-state index is 13.1. The molecule has 0 aliphatic carbocycles. The van der Waals surface area contributed by atoms with E-state index in [1.165, 1.54) is 39.9 Å². The van der Waals surface area contributed by atoms with Crippen molar-refractivity contribution in [2.75, 3.05) is 38.6 Å². The molecule has 1 aromatic carbocycles. The van der Waals surface area contributed by atoms with Gasteiger partial charge in [-0.2, -0.15) is 4.31 Å². The highest BCUT2D eigenvalue weighted by Crippen LogP contribution is 2.37. The Morgan fingerprint density at radius 2 is 1.72 bits per heavy atom. The summed E-state index contributed by atoms with van der Waals surface area (Å²) in [6.45, 7) is 4.13. The van der Waals surface area contributed by atoms with E-state index in [4.69, 9.17) is 4.74 Å². The first kappa shape index (κ1) is 26.3. The molecule has 0 saturated carbocycles. The second-order valence-corrected chi connectivity index (χ2v) is 11.9. The van der Waals surface area contributed by atoms with Crippen molar-refractivity contribution in [1.82, 2.24) is 14.5 Å². The number of likely N-dealkylation sites (N-methyl/N-ethyl adjacent to an activating group) is 1. The maximum absolute atomic E-state index is 13.1. The molecule has 2 aliphatic heterocycles. The van der Waals surface area contributed by atoms with E-state index >= 15 is 0 Å². The summed E-state index contributed by atoms with van der Waals surface area (Å²) < 4.78 is 32.1. The number of hydrogen-bond acceptors (Lipinski definition) is 8. The Morgan fingerprint density at radius 1 is 1.03 bits per heavy atom. The van der Waals surface area contributed by atoms with Gasteiger partial charge in [-0.25, -0.2) is 13.2 Å². The number of anilines is 1. The van der Waals surface area contributed by atoms with Gasteiger partial charge in [0.2, 0.25) is 10.0 Å². The zero-order valence-electron chi connectivity index (χ0n) is 20.3. The van der Waals surface area contributed by atoms with Crippen molar-refractivity contribution >= 4 is 44.3 Å². The first-order valence-electron chi connectivity index (χ1n) is 11.9. The quantitative estimate of drug-likeness (QED) is 0.584. The molecule has 1 saturated heterocycles. The summed E-state index contributed by atoms with van der Waals surface area (Å²) in [7, 11) is -1.63. The summed E-state index contributed by atoms with van der Waals surface area (Å²) in [4.78, 5) is 41.0. The van der Waals surface area contributed by atoms with Crippen LogP contribution in [0.5, 0.6) is 0 Å². The van der Waals surface area contributed by atoms with Gasteiger partial charge in [-0.3, -0.25) is 14.9 Å². The lowest BCUT2D eigenvalue weighted by molar-refractivity contribution is 0.0924. The van der Waals surface area contributed by atoms with Crippen LogP contribution in [0.3, 0.4) is 0 Å². The Labute approximate surface area is 214 Å². The van der Waals surface area contributed by atoms with Gasteiger partial charge in [0.15, 0.2) is 0 Å². The number of alkyl carbamates (subject to hydrolysis) is 1. The lowest BCUT2D eigenvalue weighted by Crippen LogP contribution is -2.35. The van der Waals surface area contributed by atoms with E-state index in [9.17, 15) is 22.8 Å². The highest BCUT2D eigenvalue weighted by atomic mass is 32.2. The minimum absolute atomic E-state index is 0.124. The van der Waals surface area contributed by atoms with Crippen molar-refractivity contribution < 1.29 is 27.5 Å². The second kappa shape index (κ2) is 11.1. The molecule has 12 heteroatoms. The average Bonchev–Trinajstić information content (AvgIpc) is 3.21. The fourth-order valence-electron chi connectivity index (χ4n) is 4.39. The monoisotopic (exact) mass is 534 g/mol. The number of sulfonamides is 1. The van der Waals surface area contributed by atoms with Crippen LogP contribution in [0.4, 0.5) is 9.80 Å². The van der Waals surface area contributed by atoms with Gasteiger partial charge < -0.3 is 15.0 Å². The van der Waals surface area contributed by atoms with Crippen molar-refractivity contribution in [3.05, 3.63) is 45.8 Å². The first-order valence-corrected chi connectivity index (χ1v) is 14.2. The average molecular weight is 535 g/mol. The number of piperidine rings is 1. The number of fused-ring (bicyclic) bond motifs is 1. The van der Waals surface area contributed by atoms with Gasteiger partial charge in [-0.05, 0) is 63.1 Å². The molecular formula is C24H30N4O6S2. The number of nitrogens with one attached hydrogen (secondary N) is 2. The predicted octanol–water partition coefficient (Wildman–Crippen LogP) is 3.05. The molecule has 0 radical (unpaired) electrons. The number of rotatable bonds is 6. The van der Waals surface area contributed by atoms with Crippen LogP contribution in [-0.4, -0.2) is 68.8 Å². The molecule has 0 bridgehead atoms. The fraction of sp³-hybridized carbons (Fsp3) is 0.458. The number of amides is 3. The van der Waals surface area contributed by atoms with Gasteiger partial charge >= 0.3 is 6.09 Å². The third kappa shape index (κ3) is 5.61. The summed E-state index contributed by atoms with van der Waals surface area (Å²) in [6.07, 6.45) is 2.46. The van der Waals surface area contributed by atoms with Crippen LogP contribution in [0.1, 0.15) is 57.3 Å².